The van der Waals surface area contributed by atoms with Gasteiger partial charge in [-0.15, -0.1) is 0 Å². The van der Waals surface area contributed by atoms with Gasteiger partial charge in [0.25, 0.3) is 5.91 Å². The molecule has 0 heterocycles. The zero-order chi connectivity index (χ0) is 15.8. The van der Waals surface area contributed by atoms with Crippen molar-refractivity contribution in [3.8, 4) is 6.07 Å². The molecule has 0 radical (unpaired) electrons. The van der Waals surface area contributed by atoms with E-state index in [1.165, 1.54) is 11.8 Å². The molecule has 0 aromatic heterocycles. The highest BCUT2D eigenvalue weighted by molar-refractivity contribution is 6.06. The van der Waals surface area contributed by atoms with Crippen molar-refractivity contribution in [2.24, 2.45) is 0 Å². The lowest BCUT2D eigenvalue weighted by molar-refractivity contribution is -0.112. The number of rotatable bonds is 5. The number of amides is 1. The standard InChI is InChI=1S/C18H17N3O/c1-2-14-7-6-10-17(11-14)20-13-15(12-19)18(22)21-16-8-4-3-5-9-16/h3-11,13,20H,2H2,1H3,(H,21,22)/b15-13+. The molecule has 4 heteroatoms. The molecular formula is C18H17N3O. The normalized spacial score (nSPS) is 10.6. The first-order chi connectivity index (χ1) is 10.7. The van der Waals surface area contributed by atoms with Crippen LogP contribution in [0.1, 0.15) is 12.5 Å². The Morgan fingerprint density at radius 3 is 2.55 bits per heavy atom. The van der Waals surface area contributed by atoms with Crippen LogP contribution in [0.4, 0.5) is 11.4 Å². The van der Waals surface area contributed by atoms with Crippen LogP contribution >= 0.6 is 0 Å². The first-order valence-corrected chi connectivity index (χ1v) is 7.05. The molecule has 110 valence electrons. The predicted molar refractivity (Wildman–Crippen MR) is 88.2 cm³/mol. The molecule has 0 fully saturated rings. The van der Waals surface area contributed by atoms with Gasteiger partial charge < -0.3 is 10.6 Å². The van der Waals surface area contributed by atoms with E-state index in [1.54, 1.807) is 12.1 Å². The SMILES string of the molecule is CCc1cccc(N/C=C(\C#N)C(=O)Nc2ccccc2)c1. The fourth-order valence-electron chi connectivity index (χ4n) is 1.91. The molecule has 2 rings (SSSR count). The zero-order valence-electron chi connectivity index (χ0n) is 12.3. The lowest BCUT2D eigenvalue weighted by Crippen LogP contribution is -2.14. The number of nitrogens with one attached hydrogen (secondary N) is 2. The zero-order valence-corrected chi connectivity index (χ0v) is 12.3. The molecule has 0 aliphatic carbocycles. The monoisotopic (exact) mass is 291 g/mol. The molecule has 2 aromatic rings. The molecular weight excluding hydrogens is 274 g/mol. The number of hydrogen-bond donors (Lipinski definition) is 2. The van der Waals surface area contributed by atoms with Crippen LogP contribution in [-0.4, -0.2) is 5.91 Å². The third-order valence-corrected chi connectivity index (χ3v) is 3.12. The van der Waals surface area contributed by atoms with Gasteiger partial charge in [-0.3, -0.25) is 4.79 Å². The number of para-hydroxylation sites is 1. The topological polar surface area (TPSA) is 64.9 Å². The maximum Gasteiger partial charge on any atom is 0.267 e. The third-order valence-electron chi connectivity index (χ3n) is 3.12. The molecule has 2 N–H and O–H groups in total. The molecule has 0 unspecified atom stereocenters. The molecule has 0 aliphatic heterocycles. The van der Waals surface area contributed by atoms with E-state index in [1.807, 2.05) is 48.5 Å². The van der Waals surface area contributed by atoms with E-state index in [9.17, 15) is 4.79 Å². The number of anilines is 2. The van der Waals surface area contributed by atoms with Crippen LogP contribution in [0.5, 0.6) is 0 Å². The summed E-state index contributed by atoms with van der Waals surface area (Å²) in [6, 6.07) is 18.8. The summed E-state index contributed by atoms with van der Waals surface area (Å²) in [6.07, 6.45) is 2.35. The van der Waals surface area contributed by atoms with E-state index in [2.05, 4.69) is 17.6 Å². The van der Waals surface area contributed by atoms with Gasteiger partial charge in [-0.25, -0.2) is 0 Å². The fraction of sp³-hybridized carbons (Fsp3) is 0.111. The molecule has 1 amide bonds. The van der Waals surface area contributed by atoms with E-state index >= 15 is 0 Å². The van der Waals surface area contributed by atoms with Crippen molar-refractivity contribution in [3.63, 3.8) is 0 Å². The van der Waals surface area contributed by atoms with Gasteiger partial charge in [0.2, 0.25) is 0 Å². The molecule has 2 aromatic carbocycles. The lowest BCUT2D eigenvalue weighted by Gasteiger charge is -2.06. The second kappa shape index (κ2) is 7.65. The Bertz CT molecular complexity index is 715. The van der Waals surface area contributed by atoms with E-state index in [4.69, 9.17) is 5.26 Å². The van der Waals surface area contributed by atoms with Gasteiger partial charge in [-0.1, -0.05) is 37.3 Å². The number of aryl methyl sites for hydroxylation is 1. The summed E-state index contributed by atoms with van der Waals surface area (Å²) in [4.78, 5) is 12.0. The van der Waals surface area contributed by atoms with E-state index < -0.39 is 5.91 Å². The summed E-state index contributed by atoms with van der Waals surface area (Å²) >= 11 is 0. The summed E-state index contributed by atoms with van der Waals surface area (Å²) in [7, 11) is 0. The van der Waals surface area contributed by atoms with Crippen molar-refractivity contribution in [1.29, 1.82) is 5.26 Å². The van der Waals surface area contributed by atoms with Crippen LogP contribution in [-0.2, 0) is 11.2 Å². The highest BCUT2D eigenvalue weighted by Gasteiger charge is 2.08. The molecule has 0 spiro atoms. The summed E-state index contributed by atoms with van der Waals surface area (Å²) in [5.74, 6) is -0.437. The minimum absolute atomic E-state index is 0.0192. The molecule has 4 nitrogen and oxygen atoms in total. The number of carbonyl (C=O) groups is 1. The van der Waals surface area contributed by atoms with Gasteiger partial charge in [0.15, 0.2) is 0 Å². The van der Waals surface area contributed by atoms with Crippen LogP contribution in [0.2, 0.25) is 0 Å². The van der Waals surface area contributed by atoms with Crippen molar-refractivity contribution in [2.75, 3.05) is 10.6 Å². The third kappa shape index (κ3) is 4.22. The van der Waals surface area contributed by atoms with E-state index in [0.29, 0.717) is 5.69 Å². The highest BCUT2D eigenvalue weighted by Crippen LogP contribution is 2.12. The number of carbonyl (C=O) groups excluding carboxylic acids is 1. The fourth-order valence-corrected chi connectivity index (χ4v) is 1.91. The lowest BCUT2D eigenvalue weighted by atomic mass is 10.1. The Balaban J connectivity index is 2.07. The van der Waals surface area contributed by atoms with Gasteiger partial charge in [0.05, 0.1) is 0 Å². The van der Waals surface area contributed by atoms with E-state index in [0.717, 1.165) is 12.1 Å². The largest absolute Gasteiger partial charge is 0.360 e. The number of nitriles is 1. The minimum atomic E-state index is -0.437. The Morgan fingerprint density at radius 1 is 1.14 bits per heavy atom. The smallest absolute Gasteiger partial charge is 0.267 e. The number of benzene rings is 2. The quantitative estimate of drug-likeness (QED) is 0.652. The first kappa shape index (κ1) is 15.3. The number of hydrogen-bond acceptors (Lipinski definition) is 3. The van der Waals surface area contributed by atoms with Crippen molar-refractivity contribution in [2.45, 2.75) is 13.3 Å². The molecule has 0 saturated heterocycles. The van der Waals surface area contributed by atoms with Gasteiger partial charge in [-0.05, 0) is 36.2 Å². The van der Waals surface area contributed by atoms with Crippen LogP contribution in [0.3, 0.4) is 0 Å². The Hall–Kier alpha value is -3.06. The average Bonchev–Trinajstić information content (AvgIpc) is 2.56. The second-order valence-electron chi connectivity index (χ2n) is 4.69. The average molecular weight is 291 g/mol. The Kier molecular flexibility index (Phi) is 5.33. The first-order valence-electron chi connectivity index (χ1n) is 7.05. The maximum atomic E-state index is 12.0. The van der Waals surface area contributed by atoms with Crippen molar-refractivity contribution in [1.82, 2.24) is 0 Å². The van der Waals surface area contributed by atoms with Crippen LogP contribution in [0, 0.1) is 11.3 Å². The van der Waals surface area contributed by atoms with Gasteiger partial charge in [0, 0.05) is 17.6 Å². The molecule has 0 bridgehead atoms. The summed E-state index contributed by atoms with van der Waals surface area (Å²) in [5, 5.41) is 14.8. The highest BCUT2D eigenvalue weighted by atomic mass is 16.1. The van der Waals surface area contributed by atoms with Gasteiger partial charge in [-0.2, -0.15) is 5.26 Å². The van der Waals surface area contributed by atoms with Crippen LogP contribution in [0.25, 0.3) is 0 Å². The maximum absolute atomic E-state index is 12.0. The molecule has 0 atom stereocenters. The molecule has 22 heavy (non-hydrogen) atoms. The Labute approximate surface area is 130 Å². The predicted octanol–water partition coefficient (Wildman–Crippen LogP) is 3.71. The van der Waals surface area contributed by atoms with Crippen molar-refractivity contribution in [3.05, 3.63) is 71.9 Å². The van der Waals surface area contributed by atoms with Crippen molar-refractivity contribution < 1.29 is 4.79 Å². The van der Waals surface area contributed by atoms with E-state index in [-0.39, 0.29) is 5.57 Å². The molecule has 0 aliphatic rings. The van der Waals surface area contributed by atoms with Crippen LogP contribution < -0.4 is 10.6 Å². The van der Waals surface area contributed by atoms with Gasteiger partial charge >= 0.3 is 0 Å². The summed E-state index contributed by atoms with van der Waals surface area (Å²) < 4.78 is 0. The minimum Gasteiger partial charge on any atom is -0.360 e. The van der Waals surface area contributed by atoms with Crippen molar-refractivity contribution >= 4 is 17.3 Å². The Morgan fingerprint density at radius 2 is 1.86 bits per heavy atom. The van der Waals surface area contributed by atoms with Gasteiger partial charge in [0.1, 0.15) is 11.6 Å². The summed E-state index contributed by atoms with van der Waals surface area (Å²) in [5.41, 5.74) is 2.71. The summed E-state index contributed by atoms with van der Waals surface area (Å²) in [6.45, 7) is 2.07. The second-order valence-corrected chi connectivity index (χ2v) is 4.69. The van der Waals surface area contributed by atoms with Crippen LogP contribution in [0.15, 0.2) is 66.4 Å². The number of nitrogens with zero attached hydrogens (tertiary/aromatic N) is 1. The molecule has 0 saturated carbocycles.